The number of hydrogen-bond donors (Lipinski definition) is 3. The Morgan fingerprint density at radius 1 is 1.28 bits per heavy atom. The summed E-state index contributed by atoms with van der Waals surface area (Å²) in [5, 5.41) is 10.1. The highest BCUT2D eigenvalue weighted by Gasteiger charge is 2.26. The smallest absolute Gasteiger partial charge is 0.348 e. The van der Waals surface area contributed by atoms with Gasteiger partial charge in [-0.25, -0.2) is 4.79 Å². The summed E-state index contributed by atoms with van der Waals surface area (Å²) in [6.45, 7) is 3.62. The molecule has 1 aromatic carbocycles. The molecule has 0 aliphatic heterocycles. The van der Waals surface area contributed by atoms with Gasteiger partial charge in [-0.3, -0.25) is 9.36 Å². The number of anilines is 1. The number of primary amides is 1. The highest BCUT2D eigenvalue weighted by atomic mass is 32.1. The number of phenols is 1. The summed E-state index contributed by atoms with van der Waals surface area (Å²) in [7, 11) is 1.29. The number of aromatic nitrogens is 1. The zero-order chi connectivity index (χ0) is 18.5. The topological polar surface area (TPSA) is 121 Å². The van der Waals surface area contributed by atoms with Gasteiger partial charge in [0.25, 0.3) is 5.91 Å². The number of esters is 1. The molecule has 5 N–H and O–H groups in total. The lowest BCUT2D eigenvalue weighted by Gasteiger charge is -2.15. The summed E-state index contributed by atoms with van der Waals surface area (Å²) < 4.78 is 6.90. The second-order valence-corrected chi connectivity index (χ2v) is 6.70. The van der Waals surface area contributed by atoms with Crippen LogP contribution in [0.2, 0.25) is 0 Å². The zero-order valence-electron chi connectivity index (χ0n) is 13.9. The van der Waals surface area contributed by atoms with Gasteiger partial charge in [-0.2, -0.15) is 0 Å². The lowest BCUT2D eigenvalue weighted by molar-refractivity contribution is 0.0606. The van der Waals surface area contributed by atoms with Crippen LogP contribution in [0.5, 0.6) is 5.75 Å². The van der Waals surface area contributed by atoms with Gasteiger partial charge in [0, 0.05) is 5.56 Å². The number of aromatic hydroxyl groups is 1. The van der Waals surface area contributed by atoms with Crippen LogP contribution in [-0.2, 0) is 4.74 Å². The molecule has 0 atom stereocenters. The molecule has 0 radical (unpaired) electrons. The molecule has 130 valence electrons. The molecule has 1 amide bonds. The minimum atomic E-state index is -0.685. The van der Waals surface area contributed by atoms with Gasteiger partial charge in [0.15, 0.2) is 0 Å². The molecule has 0 aliphatic carbocycles. The van der Waals surface area contributed by atoms with Gasteiger partial charge in [0.1, 0.15) is 16.4 Å². The fraction of sp³-hybridized carbons (Fsp3) is 0.176. The van der Waals surface area contributed by atoms with Gasteiger partial charge >= 0.3 is 5.97 Å². The maximum absolute atomic E-state index is 11.9. The van der Waals surface area contributed by atoms with Crippen molar-refractivity contribution in [3.05, 3.63) is 39.8 Å². The minimum absolute atomic E-state index is 0.103. The first-order chi connectivity index (χ1) is 11.8. The number of aryl methyl sites for hydroxylation is 1. The fourth-order valence-corrected chi connectivity index (χ4v) is 4.05. The number of nitrogens with zero attached hydrogens (tertiary/aromatic N) is 1. The van der Waals surface area contributed by atoms with Crippen LogP contribution >= 0.6 is 11.3 Å². The van der Waals surface area contributed by atoms with Crippen LogP contribution in [0.3, 0.4) is 0 Å². The Balaban J connectivity index is 2.45. The van der Waals surface area contributed by atoms with Gasteiger partial charge in [-0.05, 0) is 31.5 Å². The first-order valence-electron chi connectivity index (χ1n) is 7.39. The third-order valence-corrected chi connectivity index (χ3v) is 5.26. The van der Waals surface area contributed by atoms with Crippen molar-refractivity contribution in [1.29, 1.82) is 0 Å². The number of carbonyl (C=O) groups is 2. The minimum Gasteiger partial charge on any atom is -0.508 e. The van der Waals surface area contributed by atoms with Crippen LogP contribution in [0.4, 0.5) is 5.82 Å². The molecule has 0 saturated heterocycles. The number of fused-ring (bicyclic) bond motifs is 1. The lowest BCUT2D eigenvalue weighted by Crippen LogP contribution is -2.14. The molecule has 8 heteroatoms. The summed E-state index contributed by atoms with van der Waals surface area (Å²) in [5.74, 6) is -0.922. The van der Waals surface area contributed by atoms with Crippen molar-refractivity contribution < 1.29 is 19.4 Å². The molecule has 2 heterocycles. The predicted molar refractivity (Wildman–Crippen MR) is 96.6 cm³/mol. The number of rotatable bonds is 3. The van der Waals surface area contributed by atoms with E-state index in [0.717, 1.165) is 16.9 Å². The average Bonchev–Trinajstić information content (AvgIpc) is 3.08. The van der Waals surface area contributed by atoms with Crippen molar-refractivity contribution in [3.63, 3.8) is 0 Å². The van der Waals surface area contributed by atoms with Crippen molar-refractivity contribution in [2.45, 2.75) is 13.8 Å². The monoisotopic (exact) mass is 359 g/mol. The van der Waals surface area contributed by atoms with Crippen LogP contribution in [0.25, 0.3) is 15.9 Å². The van der Waals surface area contributed by atoms with Gasteiger partial charge in [-0.15, -0.1) is 11.3 Å². The Morgan fingerprint density at radius 2 is 1.96 bits per heavy atom. The van der Waals surface area contributed by atoms with Gasteiger partial charge in [-0.1, -0.05) is 6.07 Å². The Morgan fingerprint density at radius 3 is 2.56 bits per heavy atom. The van der Waals surface area contributed by atoms with Crippen LogP contribution in [0.15, 0.2) is 18.2 Å². The quantitative estimate of drug-likeness (QED) is 0.620. The Labute approximate surface area is 147 Å². The molecule has 0 saturated carbocycles. The van der Waals surface area contributed by atoms with Crippen molar-refractivity contribution in [3.8, 4) is 11.4 Å². The van der Waals surface area contributed by atoms with E-state index in [0.29, 0.717) is 26.3 Å². The Hall–Kier alpha value is -3.00. The number of hydrogen-bond acceptors (Lipinski definition) is 6. The van der Waals surface area contributed by atoms with Gasteiger partial charge in [0.05, 0.1) is 28.6 Å². The number of phenolic OH excluding ortho intramolecular Hbond substituents is 1. The first kappa shape index (κ1) is 16.8. The molecule has 0 aliphatic rings. The summed E-state index contributed by atoms with van der Waals surface area (Å²) in [6.07, 6.45) is 0. The molecule has 3 aromatic rings. The van der Waals surface area contributed by atoms with Gasteiger partial charge < -0.3 is 21.3 Å². The summed E-state index contributed by atoms with van der Waals surface area (Å²) in [6, 6.07) is 4.95. The van der Waals surface area contributed by atoms with Crippen LogP contribution in [0.1, 0.15) is 31.2 Å². The zero-order valence-corrected chi connectivity index (χ0v) is 14.7. The summed E-state index contributed by atoms with van der Waals surface area (Å²) in [4.78, 5) is 24.1. The maximum Gasteiger partial charge on any atom is 0.348 e. The highest BCUT2D eigenvalue weighted by molar-refractivity contribution is 7.21. The molecule has 3 rings (SSSR count). The molecular weight excluding hydrogens is 342 g/mol. The highest BCUT2D eigenvalue weighted by Crippen LogP contribution is 2.40. The average molecular weight is 359 g/mol. The molecule has 0 fully saturated rings. The van der Waals surface area contributed by atoms with Gasteiger partial charge in [0.2, 0.25) is 0 Å². The van der Waals surface area contributed by atoms with Crippen LogP contribution in [0, 0.1) is 13.8 Å². The van der Waals surface area contributed by atoms with Crippen LogP contribution in [-0.4, -0.2) is 28.7 Å². The third-order valence-electron chi connectivity index (χ3n) is 4.14. The number of methoxy groups -OCH3 is 1. The van der Waals surface area contributed by atoms with E-state index in [1.807, 2.05) is 6.92 Å². The largest absolute Gasteiger partial charge is 0.508 e. The third kappa shape index (κ3) is 2.42. The van der Waals surface area contributed by atoms with Crippen molar-refractivity contribution in [1.82, 2.24) is 4.57 Å². The molecular formula is C17H17N3O4S. The maximum atomic E-state index is 11.9. The predicted octanol–water partition coefficient (Wildman–Crippen LogP) is 2.48. The number of ether oxygens (including phenoxy) is 1. The number of benzene rings is 1. The molecule has 25 heavy (non-hydrogen) atoms. The standard InChI is InChI=1S/C17H17N3O4S/c1-7-4-5-10(21)8(2)13(7)20-9-6-11(17(23)24-3)25-14(9)12(15(20)18)16(19)22/h4-6,21H,18H2,1-3H3,(H2,19,22). The van der Waals surface area contributed by atoms with E-state index in [-0.39, 0.29) is 17.1 Å². The molecule has 0 bridgehead atoms. The van der Waals surface area contributed by atoms with Crippen LogP contribution < -0.4 is 11.5 Å². The number of amides is 1. The SMILES string of the molecule is COC(=O)c1cc2c(s1)c(C(N)=O)c(N)n2-c1c(C)ccc(O)c1C. The van der Waals surface area contributed by atoms with Crippen molar-refractivity contribution >= 4 is 39.2 Å². The summed E-state index contributed by atoms with van der Waals surface area (Å²) >= 11 is 1.09. The van der Waals surface area contributed by atoms with Crippen molar-refractivity contribution in [2.75, 3.05) is 12.8 Å². The number of carbonyl (C=O) groups excluding carboxylic acids is 2. The second-order valence-electron chi connectivity index (χ2n) is 5.65. The summed E-state index contributed by atoms with van der Waals surface area (Å²) in [5.41, 5.74) is 14.5. The Bertz CT molecular complexity index is 1030. The Kier molecular flexibility index (Phi) is 3.92. The normalized spacial score (nSPS) is 11.0. The van der Waals surface area contributed by atoms with E-state index in [2.05, 4.69) is 0 Å². The fourth-order valence-electron chi connectivity index (χ4n) is 2.93. The van der Waals surface area contributed by atoms with E-state index in [4.69, 9.17) is 16.2 Å². The van der Waals surface area contributed by atoms with E-state index >= 15 is 0 Å². The van der Waals surface area contributed by atoms with E-state index in [1.54, 1.807) is 29.7 Å². The molecule has 7 nitrogen and oxygen atoms in total. The number of nitrogen functional groups attached to an aromatic ring is 1. The lowest BCUT2D eigenvalue weighted by atomic mass is 10.1. The molecule has 0 unspecified atom stereocenters. The van der Waals surface area contributed by atoms with E-state index in [9.17, 15) is 14.7 Å². The molecule has 0 spiro atoms. The number of thiophene rings is 1. The van der Waals surface area contributed by atoms with E-state index in [1.165, 1.54) is 7.11 Å². The first-order valence-corrected chi connectivity index (χ1v) is 8.21. The second kappa shape index (κ2) is 5.82. The molecule has 2 aromatic heterocycles. The number of nitrogens with two attached hydrogens (primary N) is 2. The van der Waals surface area contributed by atoms with E-state index < -0.39 is 11.9 Å². The van der Waals surface area contributed by atoms with Crippen molar-refractivity contribution in [2.24, 2.45) is 5.73 Å².